The summed E-state index contributed by atoms with van der Waals surface area (Å²) in [6.07, 6.45) is 3.33. The minimum absolute atomic E-state index is 0.156. The fraction of sp³-hybridized carbons (Fsp3) is 0.917. The molecule has 1 atom stereocenters. The highest BCUT2D eigenvalue weighted by atomic mass is 16.6. The molecule has 16 heavy (non-hydrogen) atoms. The summed E-state index contributed by atoms with van der Waals surface area (Å²) in [7, 11) is 0. The standard InChI is InChI=1S/C12H24O4/c1-4-6-7-16-12(5-2)10-14-8-9-15-11(3)13/h12H,4-10H2,1-3H3. The van der Waals surface area contributed by atoms with Crippen LogP contribution in [0, 0.1) is 0 Å². The van der Waals surface area contributed by atoms with Gasteiger partial charge >= 0.3 is 5.97 Å². The van der Waals surface area contributed by atoms with Crippen LogP contribution in [-0.4, -0.2) is 38.5 Å². The van der Waals surface area contributed by atoms with Gasteiger partial charge in [0.25, 0.3) is 0 Å². The lowest BCUT2D eigenvalue weighted by molar-refractivity contribution is -0.142. The number of rotatable bonds is 10. The van der Waals surface area contributed by atoms with Crippen molar-refractivity contribution in [3.05, 3.63) is 0 Å². The second-order valence-corrected chi connectivity index (χ2v) is 3.67. The lowest BCUT2D eigenvalue weighted by Gasteiger charge is -2.16. The van der Waals surface area contributed by atoms with Gasteiger partial charge in [0.2, 0.25) is 0 Å². The van der Waals surface area contributed by atoms with Gasteiger partial charge in [0, 0.05) is 13.5 Å². The predicted molar refractivity (Wildman–Crippen MR) is 62.4 cm³/mol. The molecule has 0 aliphatic rings. The van der Waals surface area contributed by atoms with Crippen LogP contribution in [0.25, 0.3) is 0 Å². The summed E-state index contributed by atoms with van der Waals surface area (Å²) < 4.78 is 15.7. The van der Waals surface area contributed by atoms with Crippen molar-refractivity contribution in [2.45, 2.75) is 46.1 Å². The quantitative estimate of drug-likeness (QED) is 0.428. The van der Waals surface area contributed by atoms with E-state index in [0.717, 1.165) is 25.9 Å². The van der Waals surface area contributed by atoms with Gasteiger partial charge in [-0.15, -0.1) is 0 Å². The van der Waals surface area contributed by atoms with Crippen LogP contribution in [0.4, 0.5) is 0 Å². The van der Waals surface area contributed by atoms with E-state index in [1.54, 1.807) is 0 Å². The second kappa shape index (κ2) is 10.9. The van der Waals surface area contributed by atoms with Gasteiger partial charge in [0.15, 0.2) is 0 Å². The van der Waals surface area contributed by atoms with Crippen molar-refractivity contribution in [2.24, 2.45) is 0 Å². The molecule has 0 fully saturated rings. The average Bonchev–Trinajstić information content (AvgIpc) is 2.26. The molecule has 4 heteroatoms. The van der Waals surface area contributed by atoms with Gasteiger partial charge in [-0.25, -0.2) is 0 Å². The molecule has 0 aliphatic carbocycles. The molecule has 0 radical (unpaired) electrons. The van der Waals surface area contributed by atoms with Gasteiger partial charge < -0.3 is 14.2 Å². The average molecular weight is 232 g/mol. The molecule has 96 valence electrons. The highest BCUT2D eigenvalue weighted by Crippen LogP contribution is 2.01. The largest absolute Gasteiger partial charge is 0.463 e. The minimum Gasteiger partial charge on any atom is -0.463 e. The molecule has 0 rings (SSSR count). The molecular weight excluding hydrogens is 208 g/mol. The Balaban J connectivity index is 3.36. The van der Waals surface area contributed by atoms with Gasteiger partial charge in [0.1, 0.15) is 6.61 Å². The van der Waals surface area contributed by atoms with Crippen LogP contribution < -0.4 is 0 Å². The Morgan fingerprint density at radius 1 is 1.19 bits per heavy atom. The molecule has 0 spiro atoms. The fourth-order valence-electron chi connectivity index (χ4n) is 1.14. The van der Waals surface area contributed by atoms with Crippen LogP contribution in [0.3, 0.4) is 0 Å². The first-order valence-electron chi connectivity index (χ1n) is 6.03. The summed E-state index contributed by atoms with van der Waals surface area (Å²) in [5.41, 5.74) is 0. The van der Waals surface area contributed by atoms with E-state index in [-0.39, 0.29) is 12.1 Å². The first-order valence-corrected chi connectivity index (χ1v) is 6.03. The van der Waals surface area contributed by atoms with Crippen molar-refractivity contribution >= 4 is 5.97 Å². The van der Waals surface area contributed by atoms with Crippen molar-refractivity contribution in [2.75, 3.05) is 26.4 Å². The highest BCUT2D eigenvalue weighted by molar-refractivity contribution is 5.65. The molecule has 0 aliphatic heterocycles. The molecule has 0 aromatic heterocycles. The third-order valence-corrected chi connectivity index (χ3v) is 2.14. The molecule has 0 heterocycles. The molecule has 4 nitrogen and oxygen atoms in total. The number of unbranched alkanes of at least 4 members (excludes halogenated alkanes) is 1. The van der Waals surface area contributed by atoms with E-state index in [0.29, 0.717) is 19.8 Å². The first-order chi connectivity index (χ1) is 7.70. The number of esters is 1. The van der Waals surface area contributed by atoms with Crippen LogP contribution in [0.15, 0.2) is 0 Å². The maximum Gasteiger partial charge on any atom is 0.302 e. The predicted octanol–water partition coefficient (Wildman–Crippen LogP) is 2.16. The van der Waals surface area contributed by atoms with E-state index in [1.165, 1.54) is 6.92 Å². The minimum atomic E-state index is -0.269. The van der Waals surface area contributed by atoms with Crippen molar-refractivity contribution in [1.82, 2.24) is 0 Å². The summed E-state index contributed by atoms with van der Waals surface area (Å²) in [5.74, 6) is -0.269. The highest BCUT2D eigenvalue weighted by Gasteiger charge is 2.06. The molecule has 0 N–H and O–H groups in total. The van der Waals surface area contributed by atoms with Crippen molar-refractivity contribution in [3.8, 4) is 0 Å². The van der Waals surface area contributed by atoms with E-state index in [1.807, 2.05) is 0 Å². The smallest absolute Gasteiger partial charge is 0.302 e. The lowest BCUT2D eigenvalue weighted by atomic mass is 10.3. The topological polar surface area (TPSA) is 44.8 Å². The van der Waals surface area contributed by atoms with Crippen LogP contribution in [0.1, 0.15) is 40.0 Å². The third-order valence-electron chi connectivity index (χ3n) is 2.14. The van der Waals surface area contributed by atoms with Crippen molar-refractivity contribution in [3.63, 3.8) is 0 Å². The van der Waals surface area contributed by atoms with Crippen molar-refractivity contribution in [1.29, 1.82) is 0 Å². The molecule has 0 aromatic rings. The monoisotopic (exact) mass is 232 g/mol. The molecule has 0 bridgehead atoms. The first kappa shape index (κ1) is 15.4. The van der Waals surface area contributed by atoms with E-state index < -0.39 is 0 Å². The Hall–Kier alpha value is -0.610. The Kier molecular flexibility index (Phi) is 10.5. The zero-order valence-corrected chi connectivity index (χ0v) is 10.7. The number of hydrogen-bond acceptors (Lipinski definition) is 4. The Labute approximate surface area is 98.3 Å². The summed E-state index contributed by atoms with van der Waals surface area (Å²) >= 11 is 0. The van der Waals surface area contributed by atoms with E-state index in [9.17, 15) is 4.79 Å². The maximum atomic E-state index is 10.5. The molecule has 0 saturated heterocycles. The van der Waals surface area contributed by atoms with Gasteiger partial charge in [-0.3, -0.25) is 4.79 Å². The van der Waals surface area contributed by atoms with E-state index >= 15 is 0 Å². The normalized spacial score (nSPS) is 12.4. The number of hydrogen-bond donors (Lipinski definition) is 0. The van der Waals surface area contributed by atoms with Crippen LogP contribution >= 0.6 is 0 Å². The Bertz CT molecular complexity index is 170. The van der Waals surface area contributed by atoms with Gasteiger partial charge in [-0.2, -0.15) is 0 Å². The van der Waals surface area contributed by atoms with Crippen LogP contribution in [0.5, 0.6) is 0 Å². The zero-order valence-electron chi connectivity index (χ0n) is 10.7. The third kappa shape index (κ3) is 9.93. The molecule has 0 saturated carbocycles. The van der Waals surface area contributed by atoms with Gasteiger partial charge in [0.05, 0.1) is 19.3 Å². The number of carbonyl (C=O) groups excluding carboxylic acids is 1. The molecule has 0 amide bonds. The van der Waals surface area contributed by atoms with E-state index in [2.05, 4.69) is 13.8 Å². The van der Waals surface area contributed by atoms with Gasteiger partial charge in [-0.1, -0.05) is 20.3 Å². The summed E-state index contributed by atoms with van der Waals surface area (Å²) in [6.45, 7) is 7.73. The van der Waals surface area contributed by atoms with Crippen molar-refractivity contribution < 1.29 is 19.0 Å². The summed E-state index contributed by atoms with van der Waals surface area (Å²) in [4.78, 5) is 10.5. The molecule has 1 unspecified atom stereocenters. The Morgan fingerprint density at radius 2 is 1.94 bits per heavy atom. The second-order valence-electron chi connectivity index (χ2n) is 3.67. The molecular formula is C12H24O4. The van der Waals surface area contributed by atoms with Crippen LogP contribution in [0.2, 0.25) is 0 Å². The zero-order chi connectivity index (χ0) is 12.2. The van der Waals surface area contributed by atoms with E-state index in [4.69, 9.17) is 14.2 Å². The SMILES string of the molecule is CCCCOC(CC)COCCOC(C)=O. The molecule has 0 aromatic carbocycles. The van der Waals surface area contributed by atoms with Crippen LogP contribution in [-0.2, 0) is 19.0 Å². The Morgan fingerprint density at radius 3 is 2.50 bits per heavy atom. The van der Waals surface area contributed by atoms with Gasteiger partial charge in [-0.05, 0) is 12.8 Å². The summed E-state index contributed by atoms with van der Waals surface area (Å²) in [5, 5.41) is 0. The number of ether oxygens (including phenoxy) is 3. The fourth-order valence-corrected chi connectivity index (χ4v) is 1.14. The lowest BCUT2D eigenvalue weighted by Crippen LogP contribution is -2.21. The maximum absolute atomic E-state index is 10.5. The summed E-state index contributed by atoms with van der Waals surface area (Å²) in [6, 6.07) is 0. The number of carbonyl (C=O) groups is 1.